The van der Waals surface area contributed by atoms with Crippen LogP contribution < -0.4 is 5.32 Å². The number of sulfonamides is 1. The van der Waals surface area contributed by atoms with Gasteiger partial charge in [0.05, 0.1) is 6.42 Å². The molecule has 1 aliphatic heterocycles. The highest BCUT2D eigenvalue weighted by atomic mass is 32.2. The number of hydrogen-bond acceptors (Lipinski definition) is 4. The van der Waals surface area contributed by atoms with Crippen molar-refractivity contribution in [3.63, 3.8) is 0 Å². The van der Waals surface area contributed by atoms with Crippen molar-refractivity contribution in [1.29, 1.82) is 0 Å². The van der Waals surface area contributed by atoms with Gasteiger partial charge < -0.3 is 5.32 Å². The Labute approximate surface area is 123 Å². The molecule has 0 atom stereocenters. The summed E-state index contributed by atoms with van der Waals surface area (Å²) < 4.78 is 26.5. The monoisotopic (exact) mass is 314 g/mol. The lowest BCUT2D eigenvalue weighted by molar-refractivity contribution is -0.120. The summed E-state index contributed by atoms with van der Waals surface area (Å²) in [6, 6.07) is 3.30. The Kier molecular flexibility index (Phi) is 4.95. The zero-order valence-corrected chi connectivity index (χ0v) is 12.8. The van der Waals surface area contributed by atoms with Gasteiger partial charge in [-0.15, -0.1) is 17.9 Å². The zero-order chi connectivity index (χ0) is 14.6. The van der Waals surface area contributed by atoms with Crippen LogP contribution in [-0.4, -0.2) is 38.3 Å². The first-order chi connectivity index (χ1) is 9.54. The van der Waals surface area contributed by atoms with Gasteiger partial charge in [0.15, 0.2) is 0 Å². The minimum atomic E-state index is -3.37. The molecule has 0 radical (unpaired) electrons. The Morgan fingerprint density at radius 2 is 2.10 bits per heavy atom. The molecule has 1 fully saturated rings. The van der Waals surface area contributed by atoms with Crippen LogP contribution in [0.5, 0.6) is 0 Å². The van der Waals surface area contributed by atoms with Gasteiger partial charge in [0.2, 0.25) is 5.91 Å². The fraction of sp³-hybridized carbons (Fsp3) is 0.462. The van der Waals surface area contributed by atoms with E-state index in [1.807, 2.05) is 0 Å². The Morgan fingerprint density at radius 1 is 1.40 bits per heavy atom. The van der Waals surface area contributed by atoms with E-state index in [-0.39, 0.29) is 12.3 Å². The number of thiophene rings is 1. The topological polar surface area (TPSA) is 66.5 Å². The van der Waals surface area contributed by atoms with Gasteiger partial charge in [0.1, 0.15) is 4.21 Å². The quantitative estimate of drug-likeness (QED) is 0.807. The molecule has 20 heavy (non-hydrogen) atoms. The molecule has 2 rings (SSSR count). The molecular formula is C13H18N2O3S2. The van der Waals surface area contributed by atoms with E-state index in [0.717, 1.165) is 17.7 Å². The average Bonchev–Trinajstić information content (AvgIpc) is 3.07. The van der Waals surface area contributed by atoms with Crippen LogP contribution in [0.4, 0.5) is 0 Å². The molecule has 0 bridgehead atoms. The molecule has 5 nitrogen and oxygen atoms in total. The maximum atomic E-state index is 12.3. The van der Waals surface area contributed by atoms with Crippen LogP contribution in [0.2, 0.25) is 0 Å². The predicted octanol–water partition coefficient (Wildman–Crippen LogP) is 1.38. The van der Waals surface area contributed by atoms with Gasteiger partial charge in [-0.3, -0.25) is 4.79 Å². The minimum Gasteiger partial charge on any atom is -0.352 e. The van der Waals surface area contributed by atoms with Crippen molar-refractivity contribution in [2.24, 2.45) is 0 Å². The van der Waals surface area contributed by atoms with Crippen LogP contribution in [0.15, 0.2) is 29.0 Å². The molecule has 0 unspecified atom stereocenters. The van der Waals surface area contributed by atoms with Gasteiger partial charge in [0, 0.05) is 24.5 Å². The van der Waals surface area contributed by atoms with Crippen LogP contribution in [0.1, 0.15) is 17.7 Å². The highest BCUT2D eigenvalue weighted by Gasteiger charge is 2.28. The Bertz CT molecular complexity index is 587. The van der Waals surface area contributed by atoms with Gasteiger partial charge in [-0.1, -0.05) is 6.08 Å². The van der Waals surface area contributed by atoms with Crippen molar-refractivity contribution in [2.75, 3.05) is 19.6 Å². The normalized spacial score (nSPS) is 16.2. The van der Waals surface area contributed by atoms with Crippen molar-refractivity contribution in [2.45, 2.75) is 23.5 Å². The number of carbonyl (C=O) groups excluding carboxylic acids is 1. The minimum absolute atomic E-state index is 0.128. The third kappa shape index (κ3) is 3.47. The molecule has 0 spiro atoms. The summed E-state index contributed by atoms with van der Waals surface area (Å²) >= 11 is 1.17. The molecule has 110 valence electrons. The molecular weight excluding hydrogens is 296 g/mol. The number of nitrogens with one attached hydrogen (secondary N) is 1. The number of hydrogen-bond donors (Lipinski definition) is 1. The second-order valence-corrected chi connectivity index (χ2v) is 7.93. The van der Waals surface area contributed by atoms with Crippen LogP contribution in [-0.2, 0) is 21.2 Å². The summed E-state index contributed by atoms with van der Waals surface area (Å²) in [5.41, 5.74) is 0. The van der Waals surface area contributed by atoms with Gasteiger partial charge in [-0.25, -0.2) is 8.42 Å². The number of carbonyl (C=O) groups is 1. The van der Waals surface area contributed by atoms with Gasteiger partial charge in [-0.05, 0) is 25.0 Å². The molecule has 1 amide bonds. The molecule has 1 aliphatic rings. The summed E-state index contributed by atoms with van der Waals surface area (Å²) in [6.07, 6.45) is 3.65. The number of amides is 1. The van der Waals surface area contributed by atoms with Crippen LogP contribution in [0, 0.1) is 0 Å². The van der Waals surface area contributed by atoms with Gasteiger partial charge >= 0.3 is 0 Å². The second kappa shape index (κ2) is 6.51. The molecule has 1 N–H and O–H groups in total. The standard InChI is InChI=1S/C13H18N2O3S2/c1-2-7-14-12(16)10-11-5-6-13(19-11)20(17,18)15-8-3-4-9-15/h2,5-6H,1,3-4,7-10H2,(H,14,16). The maximum Gasteiger partial charge on any atom is 0.252 e. The second-order valence-electron chi connectivity index (χ2n) is 4.60. The van der Waals surface area contributed by atoms with Crippen LogP contribution in [0.25, 0.3) is 0 Å². The predicted molar refractivity (Wildman–Crippen MR) is 79.2 cm³/mol. The van der Waals surface area contributed by atoms with E-state index in [0.29, 0.717) is 23.8 Å². The first-order valence-electron chi connectivity index (χ1n) is 6.50. The highest BCUT2D eigenvalue weighted by molar-refractivity contribution is 7.91. The third-order valence-corrected chi connectivity index (χ3v) is 6.53. The van der Waals surface area contributed by atoms with Crippen molar-refractivity contribution in [3.8, 4) is 0 Å². The molecule has 1 saturated heterocycles. The summed E-state index contributed by atoms with van der Waals surface area (Å²) in [7, 11) is -3.37. The maximum absolute atomic E-state index is 12.3. The van der Waals surface area contributed by atoms with Crippen molar-refractivity contribution in [3.05, 3.63) is 29.7 Å². The first-order valence-corrected chi connectivity index (χ1v) is 8.76. The van der Waals surface area contributed by atoms with Gasteiger partial charge in [0.25, 0.3) is 10.0 Å². The summed E-state index contributed by atoms with van der Waals surface area (Å²) in [5.74, 6) is -0.128. The van der Waals surface area contributed by atoms with E-state index in [1.165, 1.54) is 15.6 Å². The fourth-order valence-corrected chi connectivity index (χ4v) is 5.08. The highest BCUT2D eigenvalue weighted by Crippen LogP contribution is 2.27. The van der Waals surface area contributed by atoms with Gasteiger partial charge in [-0.2, -0.15) is 4.31 Å². The van der Waals surface area contributed by atoms with E-state index >= 15 is 0 Å². The number of rotatable bonds is 6. The van der Waals surface area contributed by atoms with E-state index < -0.39 is 10.0 Å². The van der Waals surface area contributed by atoms with Crippen LogP contribution in [0.3, 0.4) is 0 Å². The lowest BCUT2D eigenvalue weighted by Gasteiger charge is -2.13. The van der Waals surface area contributed by atoms with E-state index in [1.54, 1.807) is 18.2 Å². The molecule has 0 aliphatic carbocycles. The van der Waals surface area contributed by atoms with Crippen LogP contribution >= 0.6 is 11.3 Å². The molecule has 2 heterocycles. The zero-order valence-electron chi connectivity index (χ0n) is 11.2. The molecule has 7 heteroatoms. The Hall–Kier alpha value is -1.18. The molecule has 0 saturated carbocycles. The molecule has 0 aromatic carbocycles. The van der Waals surface area contributed by atoms with E-state index in [9.17, 15) is 13.2 Å². The average molecular weight is 314 g/mol. The van der Waals surface area contributed by atoms with Crippen molar-refractivity contribution >= 4 is 27.3 Å². The summed E-state index contributed by atoms with van der Waals surface area (Å²) in [5, 5.41) is 2.67. The largest absolute Gasteiger partial charge is 0.352 e. The summed E-state index contributed by atoms with van der Waals surface area (Å²) in [4.78, 5) is 12.3. The smallest absolute Gasteiger partial charge is 0.252 e. The molecule has 1 aromatic rings. The first kappa shape index (κ1) is 15.2. The lowest BCUT2D eigenvalue weighted by Crippen LogP contribution is -2.27. The fourth-order valence-electron chi connectivity index (χ4n) is 2.05. The summed E-state index contributed by atoms with van der Waals surface area (Å²) in [6.45, 7) is 5.13. The van der Waals surface area contributed by atoms with E-state index in [2.05, 4.69) is 11.9 Å². The van der Waals surface area contributed by atoms with Crippen molar-refractivity contribution < 1.29 is 13.2 Å². The molecule has 1 aromatic heterocycles. The van der Waals surface area contributed by atoms with Crippen molar-refractivity contribution in [1.82, 2.24) is 9.62 Å². The Balaban J connectivity index is 2.04. The third-order valence-electron chi connectivity index (χ3n) is 3.07. The number of nitrogens with zero attached hydrogens (tertiary/aromatic N) is 1. The SMILES string of the molecule is C=CCNC(=O)Cc1ccc(S(=O)(=O)N2CCCC2)s1. The van der Waals surface area contributed by atoms with E-state index in [4.69, 9.17) is 0 Å². The lowest BCUT2D eigenvalue weighted by atomic mass is 10.3. The Morgan fingerprint density at radius 3 is 2.75 bits per heavy atom.